The van der Waals surface area contributed by atoms with Crippen LogP contribution in [0.15, 0.2) is 61.9 Å². The molecule has 0 unspecified atom stereocenters. The number of halogens is 1. The smallest absolute Gasteiger partial charge is 0.338 e. The van der Waals surface area contributed by atoms with E-state index in [1.807, 2.05) is 19.9 Å². The number of fused-ring (bicyclic) bond motifs is 1. The van der Waals surface area contributed by atoms with Crippen molar-refractivity contribution in [1.29, 1.82) is 0 Å². The fourth-order valence-corrected chi connectivity index (χ4v) is 5.86. The van der Waals surface area contributed by atoms with Crippen molar-refractivity contribution in [3.8, 4) is 17.2 Å². The van der Waals surface area contributed by atoms with E-state index >= 15 is 0 Å². The summed E-state index contributed by atoms with van der Waals surface area (Å²) in [6, 6.07) is 9.75. The second kappa shape index (κ2) is 12.6. The van der Waals surface area contributed by atoms with Crippen molar-refractivity contribution in [2.24, 2.45) is 4.99 Å². The van der Waals surface area contributed by atoms with Crippen LogP contribution in [0.3, 0.4) is 0 Å². The maximum absolute atomic E-state index is 13.9. The molecular weight excluding hydrogens is 600 g/mol. The van der Waals surface area contributed by atoms with Crippen LogP contribution in [0.4, 0.5) is 0 Å². The lowest BCUT2D eigenvalue weighted by Crippen LogP contribution is -2.40. The lowest BCUT2D eigenvalue weighted by atomic mass is 9.95. The number of carbonyl (C=O) groups is 2. The Morgan fingerprint density at radius 3 is 2.38 bits per heavy atom. The molecule has 1 aromatic heterocycles. The largest absolute Gasteiger partial charge is 0.490 e. The monoisotopic (exact) mass is 628 g/mol. The van der Waals surface area contributed by atoms with Crippen LogP contribution >= 0.6 is 27.3 Å². The van der Waals surface area contributed by atoms with E-state index in [0.29, 0.717) is 61.1 Å². The van der Waals surface area contributed by atoms with Crippen molar-refractivity contribution in [3.05, 3.63) is 83.0 Å². The van der Waals surface area contributed by atoms with Gasteiger partial charge in [0.1, 0.15) is 5.75 Å². The predicted octanol–water partition coefficient (Wildman–Crippen LogP) is 4.28. The van der Waals surface area contributed by atoms with Crippen LogP contribution in [0.25, 0.3) is 6.08 Å². The normalized spacial score (nSPS) is 14.8. The highest BCUT2D eigenvalue weighted by atomic mass is 79.9. The molecule has 0 aliphatic carbocycles. The molecule has 4 rings (SSSR count). The second-order valence-corrected chi connectivity index (χ2v) is 10.5. The third-order valence-corrected chi connectivity index (χ3v) is 7.51. The van der Waals surface area contributed by atoms with Crippen molar-refractivity contribution in [2.75, 3.05) is 19.8 Å². The van der Waals surface area contributed by atoms with E-state index in [1.165, 1.54) is 22.8 Å². The molecule has 0 N–H and O–H groups in total. The summed E-state index contributed by atoms with van der Waals surface area (Å²) in [5.74, 6) is 0.485. The molecule has 0 radical (unpaired) electrons. The van der Waals surface area contributed by atoms with Gasteiger partial charge in [0.05, 0.1) is 46.1 Å². The summed E-state index contributed by atoms with van der Waals surface area (Å²) < 4.78 is 24.6. The van der Waals surface area contributed by atoms with Gasteiger partial charge in [-0.2, -0.15) is 0 Å². The van der Waals surface area contributed by atoms with Gasteiger partial charge in [-0.1, -0.05) is 23.5 Å². The van der Waals surface area contributed by atoms with Gasteiger partial charge in [-0.15, -0.1) is 0 Å². The Kier molecular flexibility index (Phi) is 9.26. The van der Waals surface area contributed by atoms with Crippen LogP contribution in [0, 0.1) is 0 Å². The van der Waals surface area contributed by atoms with Crippen molar-refractivity contribution in [3.63, 3.8) is 0 Å². The van der Waals surface area contributed by atoms with Gasteiger partial charge >= 0.3 is 11.9 Å². The number of aromatic nitrogens is 1. The van der Waals surface area contributed by atoms with Crippen LogP contribution in [-0.2, 0) is 14.3 Å². The number of benzene rings is 2. The van der Waals surface area contributed by atoms with E-state index in [0.717, 1.165) is 0 Å². The van der Waals surface area contributed by atoms with E-state index in [4.69, 9.17) is 18.9 Å². The summed E-state index contributed by atoms with van der Waals surface area (Å²) in [7, 11) is 0. The summed E-state index contributed by atoms with van der Waals surface area (Å²) in [4.78, 5) is 43.5. The molecule has 1 atom stereocenters. The predicted molar refractivity (Wildman–Crippen MR) is 155 cm³/mol. The lowest BCUT2D eigenvalue weighted by Gasteiger charge is -2.25. The van der Waals surface area contributed by atoms with Gasteiger partial charge in [-0.25, -0.2) is 9.79 Å². The minimum absolute atomic E-state index is 0.179. The molecule has 0 bridgehead atoms. The molecule has 0 amide bonds. The maximum Gasteiger partial charge on any atom is 0.338 e. The quantitative estimate of drug-likeness (QED) is 0.257. The lowest BCUT2D eigenvalue weighted by molar-refractivity contribution is -0.139. The average molecular weight is 630 g/mol. The van der Waals surface area contributed by atoms with Crippen molar-refractivity contribution in [2.45, 2.75) is 40.7 Å². The van der Waals surface area contributed by atoms with Gasteiger partial charge in [-0.3, -0.25) is 14.2 Å². The highest BCUT2D eigenvalue weighted by Gasteiger charge is 2.34. The molecule has 40 heavy (non-hydrogen) atoms. The summed E-state index contributed by atoms with van der Waals surface area (Å²) in [5.41, 5.74) is 1.81. The third-order valence-electron chi connectivity index (χ3n) is 5.91. The summed E-state index contributed by atoms with van der Waals surface area (Å²) in [6.07, 6.45) is 1.73. The topological polar surface area (TPSA) is 105 Å². The Labute approximate surface area is 243 Å². The highest BCUT2D eigenvalue weighted by molar-refractivity contribution is 9.10. The van der Waals surface area contributed by atoms with Crippen LogP contribution in [0.2, 0.25) is 0 Å². The minimum Gasteiger partial charge on any atom is -0.490 e. The van der Waals surface area contributed by atoms with E-state index in [2.05, 4.69) is 20.9 Å². The molecule has 0 spiro atoms. The molecule has 0 saturated carbocycles. The molecular formula is C29H29BrN2O7S. The van der Waals surface area contributed by atoms with Gasteiger partial charge in [0, 0.05) is 6.92 Å². The van der Waals surface area contributed by atoms with Crippen LogP contribution in [0.1, 0.15) is 51.8 Å². The maximum atomic E-state index is 13.9. The number of rotatable bonds is 9. The van der Waals surface area contributed by atoms with Gasteiger partial charge in [0.2, 0.25) is 0 Å². The van der Waals surface area contributed by atoms with Crippen molar-refractivity contribution in [1.82, 2.24) is 4.57 Å². The molecule has 2 heterocycles. The Balaban J connectivity index is 1.90. The molecule has 11 heteroatoms. The summed E-state index contributed by atoms with van der Waals surface area (Å²) >= 11 is 4.63. The molecule has 0 fully saturated rings. The van der Waals surface area contributed by atoms with E-state index in [-0.39, 0.29) is 17.7 Å². The van der Waals surface area contributed by atoms with Crippen molar-refractivity contribution < 1.29 is 28.5 Å². The summed E-state index contributed by atoms with van der Waals surface area (Å²) in [5, 5.41) is 0. The van der Waals surface area contributed by atoms with Gasteiger partial charge in [-0.05, 0) is 85.1 Å². The number of thiazole rings is 1. The number of nitrogens with zero attached hydrogens (tertiary/aromatic N) is 2. The highest BCUT2D eigenvalue weighted by Crippen LogP contribution is 2.36. The van der Waals surface area contributed by atoms with E-state index < -0.39 is 18.0 Å². The minimum atomic E-state index is -0.787. The van der Waals surface area contributed by atoms with Gasteiger partial charge in [0.25, 0.3) is 5.56 Å². The molecule has 1 aliphatic rings. The molecule has 1 aliphatic heterocycles. The third kappa shape index (κ3) is 6.05. The Hall–Kier alpha value is -3.70. The van der Waals surface area contributed by atoms with Crippen molar-refractivity contribution >= 4 is 45.3 Å². The van der Waals surface area contributed by atoms with Crippen LogP contribution in [0.5, 0.6) is 17.2 Å². The van der Waals surface area contributed by atoms with E-state index in [1.54, 1.807) is 50.3 Å². The number of hydrogen-bond donors (Lipinski definition) is 0. The first-order valence-electron chi connectivity index (χ1n) is 12.8. The van der Waals surface area contributed by atoms with Crippen LogP contribution in [-0.4, -0.2) is 36.3 Å². The number of carbonyl (C=O) groups excluding carboxylic acids is 2. The standard InChI is InChI=1S/C29H29BrN2O7S/c1-6-36-22-12-10-19(15-23(22)37-7-2)26-25(28(35)38-8-3)16(4)31-29-32(26)27(34)24(40-29)14-18-9-11-21(20(30)13-18)39-17(5)33/h9-15,26H,6-8H2,1-5H3/b24-14-/t26-/m1/s1. The first-order chi connectivity index (χ1) is 19.2. The first-order valence-corrected chi connectivity index (χ1v) is 14.4. The Morgan fingerprint density at radius 1 is 1.02 bits per heavy atom. The fourth-order valence-electron chi connectivity index (χ4n) is 4.34. The second-order valence-electron chi connectivity index (χ2n) is 8.66. The molecule has 9 nitrogen and oxygen atoms in total. The van der Waals surface area contributed by atoms with Gasteiger partial charge < -0.3 is 18.9 Å². The number of hydrogen-bond acceptors (Lipinski definition) is 9. The zero-order chi connectivity index (χ0) is 29.0. The van der Waals surface area contributed by atoms with E-state index in [9.17, 15) is 14.4 Å². The number of esters is 2. The summed E-state index contributed by atoms with van der Waals surface area (Å²) in [6.45, 7) is 9.60. The Bertz CT molecular complexity index is 1670. The fraction of sp³-hybridized carbons (Fsp3) is 0.310. The first kappa shape index (κ1) is 29.3. The number of allylic oxidation sites excluding steroid dienone is 1. The molecule has 3 aromatic rings. The molecule has 210 valence electrons. The SMILES string of the molecule is CCOC(=O)C1=C(C)N=c2s/c(=C\c3ccc(OC(C)=O)c(Br)c3)c(=O)n2[C@@H]1c1ccc(OCC)c(OCC)c1. The average Bonchev–Trinajstić information content (AvgIpc) is 3.20. The zero-order valence-corrected chi connectivity index (χ0v) is 25.2. The number of ether oxygens (including phenoxy) is 4. The molecule has 0 saturated heterocycles. The van der Waals surface area contributed by atoms with Gasteiger partial charge in [0.15, 0.2) is 16.3 Å². The Morgan fingerprint density at radius 2 is 1.73 bits per heavy atom. The molecule has 2 aromatic carbocycles. The van der Waals surface area contributed by atoms with Crippen LogP contribution < -0.4 is 29.1 Å². The zero-order valence-electron chi connectivity index (χ0n) is 22.8.